The Balaban J connectivity index is 2.15. The quantitative estimate of drug-likeness (QED) is 0.863. The van der Waals surface area contributed by atoms with Gasteiger partial charge in [-0.1, -0.05) is 6.07 Å². The van der Waals surface area contributed by atoms with E-state index in [0.717, 1.165) is 19.3 Å². The van der Waals surface area contributed by atoms with Crippen LogP contribution in [0.25, 0.3) is 0 Å². The molecule has 2 rings (SSSR count). The van der Waals surface area contributed by atoms with Gasteiger partial charge in [0.2, 0.25) is 0 Å². The SMILES string of the molecule is O=C(c1cccc(Br)n1)N(CCO)C1CCC1. The number of carbonyl (C=O) groups excluding carboxylic acids is 1. The zero-order valence-corrected chi connectivity index (χ0v) is 11.1. The first-order valence-corrected chi connectivity index (χ1v) is 6.56. The van der Waals surface area contributed by atoms with E-state index >= 15 is 0 Å². The summed E-state index contributed by atoms with van der Waals surface area (Å²) in [5.41, 5.74) is 0.430. The highest BCUT2D eigenvalue weighted by Gasteiger charge is 2.29. The molecule has 0 aromatic carbocycles. The maximum absolute atomic E-state index is 12.3. The van der Waals surface area contributed by atoms with Crippen molar-refractivity contribution in [3.05, 3.63) is 28.5 Å². The summed E-state index contributed by atoms with van der Waals surface area (Å²) in [6.07, 6.45) is 3.21. The zero-order valence-electron chi connectivity index (χ0n) is 9.47. The summed E-state index contributed by atoms with van der Waals surface area (Å²) in [6, 6.07) is 5.56. The molecule has 5 heteroatoms. The molecule has 92 valence electrons. The van der Waals surface area contributed by atoms with Gasteiger partial charge in [-0.15, -0.1) is 0 Å². The van der Waals surface area contributed by atoms with Crippen molar-refractivity contribution >= 4 is 21.8 Å². The van der Waals surface area contributed by atoms with E-state index in [4.69, 9.17) is 5.11 Å². The molecule has 0 aliphatic heterocycles. The van der Waals surface area contributed by atoms with Crippen molar-refractivity contribution in [1.82, 2.24) is 9.88 Å². The molecule has 17 heavy (non-hydrogen) atoms. The third kappa shape index (κ3) is 2.84. The number of rotatable bonds is 4. The number of nitrogens with zero attached hydrogens (tertiary/aromatic N) is 2. The Morgan fingerprint density at radius 1 is 1.53 bits per heavy atom. The Morgan fingerprint density at radius 2 is 2.29 bits per heavy atom. The molecule has 1 aliphatic carbocycles. The second-order valence-electron chi connectivity index (χ2n) is 4.15. The number of hydrogen-bond acceptors (Lipinski definition) is 3. The molecule has 0 saturated heterocycles. The van der Waals surface area contributed by atoms with Crippen LogP contribution in [0.15, 0.2) is 22.8 Å². The van der Waals surface area contributed by atoms with Gasteiger partial charge in [0.15, 0.2) is 0 Å². The van der Waals surface area contributed by atoms with Gasteiger partial charge in [-0.25, -0.2) is 4.98 Å². The van der Waals surface area contributed by atoms with E-state index in [1.165, 1.54) is 0 Å². The fourth-order valence-electron chi connectivity index (χ4n) is 1.93. The number of aliphatic hydroxyl groups excluding tert-OH is 1. The molecule has 1 N–H and O–H groups in total. The van der Waals surface area contributed by atoms with Crippen LogP contribution in [-0.4, -0.2) is 40.1 Å². The van der Waals surface area contributed by atoms with Crippen LogP contribution in [0.1, 0.15) is 29.8 Å². The van der Waals surface area contributed by atoms with Gasteiger partial charge in [0.05, 0.1) is 6.61 Å². The summed E-state index contributed by atoms with van der Waals surface area (Å²) in [6.45, 7) is 0.383. The first-order valence-electron chi connectivity index (χ1n) is 5.77. The molecule has 0 bridgehead atoms. The van der Waals surface area contributed by atoms with Gasteiger partial charge in [0.25, 0.3) is 5.91 Å². The molecule has 1 heterocycles. The molecule has 1 amide bonds. The largest absolute Gasteiger partial charge is 0.395 e. The van der Waals surface area contributed by atoms with Gasteiger partial charge in [0, 0.05) is 12.6 Å². The Labute approximate surface area is 109 Å². The van der Waals surface area contributed by atoms with E-state index in [-0.39, 0.29) is 18.6 Å². The van der Waals surface area contributed by atoms with Crippen LogP contribution < -0.4 is 0 Å². The molecule has 1 saturated carbocycles. The maximum Gasteiger partial charge on any atom is 0.272 e. The van der Waals surface area contributed by atoms with Crippen LogP contribution in [-0.2, 0) is 0 Å². The van der Waals surface area contributed by atoms with Crippen molar-refractivity contribution in [2.45, 2.75) is 25.3 Å². The van der Waals surface area contributed by atoms with Gasteiger partial charge in [-0.3, -0.25) is 4.79 Å². The minimum absolute atomic E-state index is 0.00373. The molecule has 1 aliphatic rings. The number of aromatic nitrogens is 1. The number of halogens is 1. The van der Waals surface area contributed by atoms with Crippen molar-refractivity contribution in [2.75, 3.05) is 13.2 Å². The van der Waals surface area contributed by atoms with E-state index in [9.17, 15) is 4.79 Å². The van der Waals surface area contributed by atoms with Gasteiger partial charge in [-0.2, -0.15) is 0 Å². The van der Waals surface area contributed by atoms with E-state index < -0.39 is 0 Å². The normalized spacial score (nSPS) is 15.4. The lowest BCUT2D eigenvalue weighted by Gasteiger charge is -2.37. The molecule has 0 atom stereocenters. The number of aliphatic hydroxyl groups is 1. The predicted octanol–water partition coefficient (Wildman–Crippen LogP) is 1.83. The highest BCUT2D eigenvalue weighted by Crippen LogP contribution is 2.25. The minimum Gasteiger partial charge on any atom is -0.395 e. The summed E-state index contributed by atoms with van der Waals surface area (Å²) in [5.74, 6) is -0.0925. The topological polar surface area (TPSA) is 53.4 Å². The Kier molecular flexibility index (Phi) is 4.12. The lowest BCUT2D eigenvalue weighted by atomic mass is 9.91. The van der Waals surface area contributed by atoms with Crippen molar-refractivity contribution in [3.63, 3.8) is 0 Å². The van der Waals surface area contributed by atoms with Crippen molar-refractivity contribution in [1.29, 1.82) is 0 Å². The molecule has 0 spiro atoms. The number of hydrogen-bond donors (Lipinski definition) is 1. The molecule has 4 nitrogen and oxygen atoms in total. The lowest BCUT2D eigenvalue weighted by molar-refractivity contribution is 0.0520. The van der Waals surface area contributed by atoms with Crippen molar-refractivity contribution in [3.8, 4) is 0 Å². The maximum atomic E-state index is 12.3. The fraction of sp³-hybridized carbons (Fsp3) is 0.500. The lowest BCUT2D eigenvalue weighted by Crippen LogP contribution is -2.45. The van der Waals surface area contributed by atoms with Crippen LogP contribution >= 0.6 is 15.9 Å². The molecule has 1 fully saturated rings. The Morgan fingerprint density at radius 3 is 2.82 bits per heavy atom. The standard InChI is InChI=1S/C12H15BrN2O2/c13-11-6-2-5-10(14-11)12(17)15(7-8-16)9-3-1-4-9/h2,5-6,9,16H,1,3-4,7-8H2. The van der Waals surface area contributed by atoms with Gasteiger partial charge < -0.3 is 10.0 Å². The molecular formula is C12H15BrN2O2. The second-order valence-corrected chi connectivity index (χ2v) is 4.96. The highest BCUT2D eigenvalue weighted by molar-refractivity contribution is 9.10. The molecule has 0 radical (unpaired) electrons. The minimum atomic E-state index is -0.0925. The van der Waals surface area contributed by atoms with E-state index in [2.05, 4.69) is 20.9 Å². The van der Waals surface area contributed by atoms with Crippen LogP contribution in [0.4, 0.5) is 0 Å². The smallest absolute Gasteiger partial charge is 0.272 e. The summed E-state index contributed by atoms with van der Waals surface area (Å²) >= 11 is 3.26. The molecule has 1 aromatic rings. The summed E-state index contributed by atoms with van der Waals surface area (Å²) < 4.78 is 0.654. The average molecular weight is 299 g/mol. The predicted molar refractivity (Wildman–Crippen MR) is 67.7 cm³/mol. The Hall–Kier alpha value is -0.940. The van der Waals surface area contributed by atoms with Crippen LogP contribution in [0.2, 0.25) is 0 Å². The molecule has 0 unspecified atom stereocenters. The van der Waals surface area contributed by atoms with Gasteiger partial charge in [-0.05, 0) is 47.3 Å². The van der Waals surface area contributed by atoms with Crippen molar-refractivity contribution in [2.24, 2.45) is 0 Å². The van der Waals surface area contributed by atoms with Crippen LogP contribution in [0.5, 0.6) is 0 Å². The monoisotopic (exact) mass is 298 g/mol. The van der Waals surface area contributed by atoms with Crippen LogP contribution in [0.3, 0.4) is 0 Å². The van der Waals surface area contributed by atoms with Gasteiger partial charge in [0.1, 0.15) is 10.3 Å². The number of pyridine rings is 1. The first kappa shape index (κ1) is 12.5. The number of carbonyl (C=O) groups is 1. The van der Waals surface area contributed by atoms with Gasteiger partial charge >= 0.3 is 0 Å². The van der Waals surface area contributed by atoms with E-state index in [0.29, 0.717) is 16.8 Å². The fourth-order valence-corrected chi connectivity index (χ4v) is 2.27. The first-order chi connectivity index (χ1) is 8.22. The summed E-state index contributed by atoms with van der Waals surface area (Å²) in [4.78, 5) is 18.1. The zero-order chi connectivity index (χ0) is 12.3. The summed E-state index contributed by atoms with van der Waals surface area (Å²) in [7, 11) is 0. The van der Waals surface area contributed by atoms with Crippen molar-refractivity contribution < 1.29 is 9.90 Å². The average Bonchev–Trinajstić information content (AvgIpc) is 2.25. The highest BCUT2D eigenvalue weighted by atomic mass is 79.9. The Bertz CT molecular complexity index is 407. The van der Waals surface area contributed by atoms with E-state index in [1.54, 1.807) is 23.1 Å². The second kappa shape index (κ2) is 5.60. The third-order valence-corrected chi connectivity index (χ3v) is 3.49. The molecular weight excluding hydrogens is 284 g/mol. The number of amides is 1. The molecule has 1 aromatic heterocycles. The third-order valence-electron chi connectivity index (χ3n) is 3.05. The van der Waals surface area contributed by atoms with Crippen LogP contribution in [0, 0.1) is 0 Å². The summed E-state index contributed by atoms with van der Waals surface area (Å²) in [5, 5.41) is 9.03. The van der Waals surface area contributed by atoms with E-state index in [1.807, 2.05) is 0 Å².